The molecule has 1 N–H and O–H groups in total. The predicted molar refractivity (Wildman–Crippen MR) is 84.3 cm³/mol. The zero-order valence-corrected chi connectivity index (χ0v) is 13.6. The van der Waals surface area contributed by atoms with E-state index in [0.29, 0.717) is 6.42 Å². The van der Waals surface area contributed by atoms with Gasteiger partial charge in [-0.15, -0.1) is 0 Å². The number of aliphatic hydroxyl groups excluding tert-OH is 1. The van der Waals surface area contributed by atoms with Crippen LogP contribution in [-0.4, -0.2) is 34.6 Å². The third kappa shape index (κ3) is 3.28. The molecule has 0 saturated carbocycles. The smallest absolute Gasteiger partial charge is 0.255 e. The molecule has 1 heterocycles. The van der Waals surface area contributed by atoms with Gasteiger partial charge in [0.05, 0.1) is 11.7 Å². The van der Waals surface area contributed by atoms with Crippen LogP contribution in [0.5, 0.6) is 0 Å². The highest BCUT2D eigenvalue weighted by Crippen LogP contribution is 2.26. The number of aryl methyl sites for hydroxylation is 1. The van der Waals surface area contributed by atoms with Crippen LogP contribution in [0.1, 0.15) is 42.1 Å². The molecule has 1 aliphatic rings. The molecule has 0 aromatic heterocycles. The average Bonchev–Trinajstić information content (AvgIpc) is 2.79. The van der Waals surface area contributed by atoms with Crippen LogP contribution in [0.3, 0.4) is 0 Å². The van der Waals surface area contributed by atoms with Crippen molar-refractivity contribution in [2.24, 2.45) is 0 Å². The van der Waals surface area contributed by atoms with E-state index in [1.807, 2.05) is 30.0 Å². The second-order valence-electron chi connectivity index (χ2n) is 5.32. The molecule has 2 rings (SSSR count). The summed E-state index contributed by atoms with van der Waals surface area (Å²) in [5.74, 6) is 0.108. The van der Waals surface area contributed by atoms with Crippen LogP contribution in [-0.2, 0) is 0 Å². The molecule has 1 fully saturated rings. The third-order valence-corrected chi connectivity index (χ3v) is 5.11. The Morgan fingerprint density at radius 2 is 2.32 bits per heavy atom. The fourth-order valence-corrected chi connectivity index (χ4v) is 3.30. The SMILES string of the molecule is Cc1cccc(C(=O)N2CCCC2CC(C)O)c1I. The maximum absolute atomic E-state index is 12.7. The molecule has 1 aromatic rings. The molecule has 0 aliphatic carbocycles. The lowest BCUT2D eigenvalue weighted by Crippen LogP contribution is -2.37. The molecule has 1 aromatic carbocycles. The number of benzene rings is 1. The Labute approximate surface area is 128 Å². The second kappa shape index (κ2) is 6.22. The topological polar surface area (TPSA) is 40.5 Å². The van der Waals surface area contributed by atoms with E-state index in [-0.39, 0.29) is 18.1 Å². The van der Waals surface area contributed by atoms with Crippen LogP contribution < -0.4 is 0 Å². The van der Waals surface area contributed by atoms with Gasteiger partial charge in [-0.3, -0.25) is 4.79 Å². The van der Waals surface area contributed by atoms with E-state index in [9.17, 15) is 9.90 Å². The lowest BCUT2D eigenvalue weighted by atomic mass is 10.1. The van der Waals surface area contributed by atoms with Gasteiger partial charge >= 0.3 is 0 Å². The van der Waals surface area contributed by atoms with Crippen LogP contribution >= 0.6 is 22.6 Å². The van der Waals surface area contributed by atoms with Crippen molar-refractivity contribution in [3.8, 4) is 0 Å². The van der Waals surface area contributed by atoms with E-state index in [4.69, 9.17) is 0 Å². The summed E-state index contributed by atoms with van der Waals surface area (Å²) in [4.78, 5) is 14.6. The van der Waals surface area contributed by atoms with Crippen LogP contribution in [0.2, 0.25) is 0 Å². The average molecular weight is 373 g/mol. The molecule has 2 atom stereocenters. The molecule has 2 unspecified atom stereocenters. The summed E-state index contributed by atoms with van der Waals surface area (Å²) in [7, 11) is 0. The number of rotatable bonds is 3. The number of amides is 1. The van der Waals surface area contributed by atoms with Crippen molar-refractivity contribution < 1.29 is 9.90 Å². The molecule has 1 amide bonds. The number of carbonyl (C=O) groups is 1. The monoisotopic (exact) mass is 373 g/mol. The number of hydrogen-bond donors (Lipinski definition) is 1. The second-order valence-corrected chi connectivity index (χ2v) is 6.39. The van der Waals surface area contributed by atoms with Crippen molar-refractivity contribution in [2.75, 3.05) is 6.54 Å². The summed E-state index contributed by atoms with van der Waals surface area (Å²) in [6.07, 6.45) is 2.36. The first-order chi connectivity index (χ1) is 9.00. The van der Waals surface area contributed by atoms with Crippen LogP contribution in [0.4, 0.5) is 0 Å². The number of likely N-dealkylation sites (tertiary alicyclic amines) is 1. The molecular weight excluding hydrogens is 353 g/mol. The minimum absolute atomic E-state index is 0.108. The molecule has 0 spiro atoms. The molecule has 0 bridgehead atoms. The summed E-state index contributed by atoms with van der Waals surface area (Å²) < 4.78 is 1.03. The summed E-state index contributed by atoms with van der Waals surface area (Å²) in [6.45, 7) is 4.62. The highest BCUT2D eigenvalue weighted by atomic mass is 127. The van der Waals surface area contributed by atoms with Gasteiger partial charge in [0, 0.05) is 16.2 Å². The number of aliphatic hydroxyl groups is 1. The van der Waals surface area contributed by atoms with E-state index in [0.717, 1.165) is 34.1 Å². The van der Waals surface area contributed by atoms with Crippen molar-refractivity contribution >= 4 is 28.5 Å². The quantitative estimate of drug-likeness (QED) is 0.828. The standard InChI is InChI=1S/C15H20INO2/c1-10-5-3-7-13(14(10)16)15(19)17-8-4-6-12(17)9-11(2)18/h3,5,7,11-12,18H,4,6,8-9H2,1-2H3. The van der Waals surface area contributed by atoms with Crippen molar-refractivity contribution in [3.05, 3.63) is 32.9 Å². The van der Waals surface area contributed by atoms with E-state index < -0.39 is 0 Å². The molecule has 19 heavy (non-hydrogen) atoms. The Hall–Kier alpha value is -0.620. The van der Waals surface area contributed by atoms with Gasteiger partial charge in [-0.05, 0) is 67.3 Å². The van der Waals surface area contributed by atoms with Gasteiger partial charge in [0.1, 0.15) is 0 Å². The first kappa shape index (κ1) is 14.8. The Kier molecular flexibility index (Phi) is 4.84. The highest BCUT2D eigenvalue weighted by molar-refractivity contribution is 14.1. The fourth-order valence-electron chi connectivity index (χ4n) is 2.71. The van der Waals surface area contributed by atoms with Crippen molar-refractivity contribution in [3.63, 3.8) is 0 Å². The van der Waals surface area contributed by atoms with Crippen molar-refractivity contribution in [2.45, 2.75) is 45.3 Å². The fraction of sp³-hybridized carbons (Fsp3) is 0.533. The molecule has 1 saturated heterocycles. The first-order valence-corrected chi connectivity index (χ1v) is 7.82. The molecular formula is C15H20INO2. The van der Waals surface area contributed by atoms with Crippen molar-refractivity contribution in [1.82, 2.24) is 4.90 Å². The first-order valence-electron chi connectivity index (χ1n) is 6.75. The molecule has 3 nitrogen and oxygen atoms in total. The Morgan fingerprint density at radius 3 is 3.00 bits per heavy atom. The van der Waals surface area contributed by atoms with Gasteiger partial charge < -0.3 is 10.0 Å². The Balaban J connectivity index is 2.21. The van der Waals surface area contributed by atoms with Crippen LogP contribution in [0.25, 0.3) is 0 Å². The van der Waals surface area contributed by atoms with Gasteiger partial charge in [-0.25, -0.2) is 0 Å². The largest absolute Gasteiger partial charge is 0.393 e. The summed E-state index contributed by atoms with van der Waals surface area (Å²) >= 11 is 2.24. The number of hydrogen-bond acceptors (Lipinski definition) is 2. The van der Waals surface area contributed by atoms with Gasteiger partial charge in [0.2, 0.25) is 0 Å². The minimum Gasteiger partial charge on any atom is -0.393 e. The summed E-state index contributed by atoms with van der Waals surface area (Å²) in [5, 5.41) is 9.54. The lowest BCUT2D eigenvalue weighted by Gasteiger charge is -2.26. The van der Waals surface area contributed by atoms with E-state index in [2.05, 4.69) is 22.6 Å². The summed E-state index contributed by atoms with van der Waals surface area (Å²) in [5.41, 5.74) is 1.93. The molecule has 4 heteroatoms. The number of carbonyl (C=O) groups excluding carboxylic acids is 1. The zero-order valence-electron chi connectivity index (χ0n) is 11.4. The van der Waals surface area contributed by atoms with Gasteiger partial charge in [0.25, 0.3) is 5.91 Å². The normalized spacial score (nSPS) is 20.6. The highest BCUT2D eigenvalue weighted by Gasteiger charge is 2.30. The number of halogens is 1. The zero-order chi connectivity index (χ0) is 14.0. The molecule has 104 valence electrons. The predicted octanol–water partition coefficient (Wildman–Crippen LogP) is 2.98. The third-order valence-electron chi connectivity index (χ3n) is 3.67. The van der Waals surface area contributed by atoms with Crippen LogP contribution in [0.15, 0.2) is 18.2 Å². The lowest BCUT2D eigenvalue weighted by molar-refractivity contribution is 0.0681. The van der Waals surface area contributed by atoms with Gasteiger partial charge in [-0.1, -0.05) is 12.1 Å². The maximum Gasteiger partial charge on any atom is 0.255 e. The number of nitrogens with zero attached hydrogens (tertiary/aromatic N) is 1. The van der Waals surface area contributed by atoms with E-state index >= 15 is 0 Å². The molecule has 0 radical (unpaired) electrons. The Bertz CT molecular complexity index is 473. The minimum atomic E-state index is -0.352. The Morgan fingerprint density at radius 1 is 1.58 bits per heavy atom. The maximum atomic E-state index is 12.7. The van der Waals surface area contributed by atoms with Crippen molar-refractivity contribution in [1.29, 1.82) is 0 Å². The van der Waals surface area contributed by atoms with Crippen LogP contribution in [0, 0.1) is 10.5 Å². The van der Waals surface area contributed by atoms with Gasteiger partial charge in [-0.2, -0.15) is 0 Å². The van der Waals surface area contributed by atoms with E-state index in [1.54, 1.807) is 6.92 Å². The van der Waals surface area contributed by atoms with Gasteiger partial charge in [0.15, 0.2) is 0 Å². The summed E-state index contributed by atoms with van der Waals surface area (Å²) in [6, 6.07) is 6.04. The molecule has 1 aliphatic heterocycles. The van der Waals surface area contributed by atoms with E-state index in [1.165, 1.54) is 0 Å².